The van der Waals surface area contributed by atoms with E-state index in [1.54, 1.807) is 42.2 Å². The number of hydrogen-bond donors (Lipinski definition) is 1. The molecule has 9 heteroatoms. The summed E-state index contributed by atoms with van der Waals surface area (Å²) in [4.78, 5) is 7.91. The van der Waals surface area contributed by atoms with E-state index in [4.69, 9.17) is 11.6 Å². The van der Waals surface area contributed by atoms with Gasteiger partial charge in [-0.1, -0.05) is 23.7 Å². The zero-order chi connectivity index (χ0) is 19.8. The van der Waals surface area contributed by atoms with Crippen LogP contribution in [0.15, 0.2) is 36.5 Å². The Bertz CT molecular complexity index is 951. The van der Waals surface area contributed by atoms with Gasteiger partial charge in [0.2, 0.25) is 5.95 Å². The first-order valence-corrected chi connectivity index (χ1v) is 8.50. The van der Waals surface area contributed by atoms with Crippen LogP contribution in [0.5, 0.6) is 0 Å². The Hall–Kier alpha value is -2.61. The van der Waals surface area contributed by atoms with Crippen LogP contribution in [0.25, 0.3) is 11.3 Å². The average molecular weight is 396 g/mol. The Morgan fingerprint density at radius 2 is 1.81 bits per heavy atom. The number of anilines is 1. The molecule has 27 heavy (non-hydrogen) atoms. The lowest BCUT2D eigenvalue weighted by atomic mass is 10.1. The molecule has 0 saturated carbocycles. The van der Waals surface area contributed by atoms with E-state index >= 15 is 0 Å². The molecule has 0 bridgehead atoms. The van der Waals surface area contributed by atoms with Crippen molar-refractivity contribution in [1.29, 1.82) is 0 Å². The number of rotatable bonds is 4. The number of aromatic nitrogens is 4. The third-order valence-electron chi connectivity index (χ3n) is 4.02. The molecule has 1 unspecified atom stereocenters. The summed E-state index contributed by atoms with van der Waals surface area (Å²) in [5, 5.41) is 7.68. The van der Waals surface area contributed by atoms with Crippen LogP contribution in [-0.2, 0) is 13.2 Å². The van der Waals surface area contributed by atoms with Gasteiger partial charge in [0.15, 0.2) is 5.69 Å². The van der Waals surface area contributed by atoms with E-state index < -0.39 is 11.9 Å². The predicted octanol–water partition coefficient (Wildman–Crippen LogP) is 5.03. The average Bonchev–Trinajstić information content (AvgIpc) is 2.93. The van der Waals surface area contributed by atoms with Crippen molar-refractivity contribution in [2.45, 2.75) is 26.1 Å². The van der Waals surface area contributed by atoms with Gasteiger partial charge in [-0.05, 0) is 32.0 Å². The largest absolute Gasteiger partial charge is 0.433 e. The first kappa shape index (κ1) is 19.2. The number of hydrogen-bond acceptors (Lipinski definition) is 4. The van der Waals surface area contributed by atoms with Crippen molar-refractivity contribution >= 4 is 17.5 Å². The standard InChI is InChI=1S/C18H17ClF3N5/c1-10(14-9-27(3)26-11(14)2)23-17-24-15(8-16(25-17)18(20,21)22)12-4-6-13(19)7-5-12/h4-10H,1-3H3,(H,23,24,25). The summed E-state index contributed by atoms with van der Waals surface area (Å²) in [6.07, 6.45) is -2.78. The minimum Gasteiger partial charge on any atom is -0.348 e. The van der Waals surface area contributed by atoms with E-state index in [0.29, 0.717) is 10.6 Å². The fraction of sp³-hybridized carbons (Fsp3) is 0.278. The zero-order valence-electron chi connectivity index (χ0n) is 14.8. The van der Waals surface area contributed by atoms with Crippen LogP contribution in [0.2, 0.25) is 5.02 Å². The van der Waals surface area contributed by atoms with E-state index in [-0.39, 0.29) is 17.7 Å². The van der Waals surface area contributed by atoms with Gasteiger partial charge in [0, 0.05) is 29.4 Å². The molecule has 2 heterocycles. The van der Waals surface area contributed by atoms with E-state index in [1.165, 1.54) is 0 Å². The number of alkyl halides is 3. The molecule has 0 amide bonds. The Morgan fingerprint density at radius 3 is 2.37 bits per heavy atom. The molecule has 0 aliphatic rings. The van der Waals surface area contributed by atoms with Crippen molar-refractivity contribution in [1.82, 2.24) is 19.7 Å². The van der Waals surface area contributed by atoms with Gasteiger partial charge in [0.05, 0.1) is 17.4 Å². The van der Waals surface area contributed by atoms with E-state index in [2.05, 4.69) is 20.4 Å². The van der Waals surface area contributed by atoms with Crippen molar-refractivity contribution in [3.05, 3.63) is 58.5 Å². The van der Waals surface area contributed by atoms with E-state index in [1.807, 2.05) is 13.8 Å². The minimum absolute atomic E-state index is 0.106. The molecule has 1 N–H and O–H groups in total. The van der Waals surface area contributed by atoms with Gasteiger partial charge in [-0.15, -0.1) is 0 Å². The number of nitrogens with one attached hydrogen (secondary N) is 1. The van der Waals surface area contributed by atoms with Gasteiger partial charge in [-0.3, -0.25) is 4.68 Å². The molecule has 5 nitrogen and oxygen atoms in total. The Kier molecular flexibility index (Phi) is 5.10. The lowest BCUT2D eigenvalue weighted by Crippen LogP contribution is -2.15. The Morgan fingerprint density at radius 1 is 1.15 bits per heavy atom. The highest BCUT2D eigenvalue weighted by molar-refractivity contribution is 6.30. The summed E-state index contributed by atoms with van der Waals surface area (Å²) in [5.41, 5.74) is 1.29. The van der Waals surface area contributed by atoms with Crippen LogP contribution in [0.4, 0.5) is 19.1 Å². The molecule has 0 fully saturated rings. The van der Waals surface area contributed by atoms with Crippen molar-refractivity contribution in [3.63, 3.8) is 0 Å². The maximum atomic E-state index is 13.3. The third kappa shape index (κ3) is 4.39. The quantitative estimate of drug-likeness (QED) is 0.673. The van der Waals surface area contributed by atoms with Crippen molar-refractivity contribution in [2.75, 3.05) is 5.32 Å². The number of nitrogens with zero attached hydrogens (tertiary/aromatic N) is 4. The molecule has 1 atom stereocenters. The molecular weight excluding hydrogens is 379 g/mol. The Balaban J connectivity index is 2.00. The van der Waals surface area contributed by atoms with Crippen LogP contribution in [0.1, 0.15) is 29.9 Å². The second kappa shape index (κ2) is 7.19. The first-order chi connectivity index (χ1) is 12.6. The van der Waals surface area contributed by atoms with Crippen LogP contribution >= 0.6 is 11.6 Å². The first-order valence-electron chi connectivity index (χ1n) is 8.12. The normalized spacial score (nSPS) is 12.9. The number of benzene rings is 1. The van der Waals surface area contributed by atoms with Crippen molar-refractivity contribution in [2.24, 2.45) is 7.05 Å². The predicted molar refractivity (Wildman–Crippen MR) is 97.5 cm³/mol. The van der Waals surface area contributed by atoms with Crippen molar-refractivity contribution < 1.29 is 13.2 Å². The highest BCUT2D eigenvalue weighted by Gasteiger charge is 2.34. The van der Waals surface area contributed by atoms with E-state index in [0.717, 1.165) is 17.3 Å². The molecule has 2 aromatic heterocycles. The molecule has 0 aliphatic carbocycles. The lowest BCUT2D eigenvalue weighted by molar-refractivity contribution is -0.141. The fourth-order valence-corrected chi connectivity index (χ4v) is 2.87. The van der Waals surface area contributed by atoms with Gasteiger partial charge >= 0.3 is 6.18 Å². The summed E-state index contributed by atoms with van der Waals surface area (Å²) in [7, 11) is 1.78. The maximum Gasteiger partial charge on any atom is 0.433 e. The maximum absolute atomic E-state index is 13.3. The van der Waals surface area contributed by atoms with Crippen molar-refractivity contribution in [3.8, 4) is 11.3 Å². The Labute approximate surface area is 159 Å². The summed E-state index contributed by atoms with van der Waals surface area (Å²) >= 11 is 5.85. The number of aryl methyl sites for hydroxylation is 2. The SMILES string of the molecule is Cc1nn(C)cc1C(C)Nc1nc(-c2ccc(Cl)cc2)cc(C(F)(F)F)n1. The van der Waals surface area contributed by atoms with Crippen LogP contribution < -0.4 is 5.32 Å². The monoisotopic (exact) mass is 395 g/mol. The lowest BCUT2D eigenvalue weighted by Gasteiger charge is -2.16. The van der Waals surface area contributed by atoms with Gasteiger partial charge in [0.1, 0.15) is 0 Å². The highest BCUT2D eigenvalue weighted by atomic mass is 35.5. The van der Waals surface area contributed by atoms with Gasteiger partial charge in [0.25, 0.3) is 0 Å². The topological polar surface area (TPSA) is 55.6 Å². The highest BCUT2D eigenvalue weighted by Crippen LogP contribution is 2.32. The number of halogens is 4. The molecule has 142 valence electrons. The van der Waals surface area contributed by atoms with Crippen LogP contribution in [-0.4, -0.2) is 19.7 Å². The smallest absolute Gasteiger partial charge is 0.348 e. The molecule has 3 rings (SSSR count). The summed E-state index contributed by atoms with van der Waals surface area (Å²) in [6, 6.07) is 7.03. The minimum atomic E-state index is -4.59. The molecule has 3 aromatic rings. The summed E-state index contributed by atoms with van der Waals surface area (Å²) < 4.78 is 41.6. The third-order valence-corrected chi connectivity index (χ3v) is 4.27. The molecule has 0 aliphatic heterocycles. The summed E-state index contributed by atoms with van der Waals surface area (Å²) in [6.45, 7) is 3.65. The molecule has 0 saturated heterocycles. The molecule has 0 radical (unpaired) electrons. The van der Waals surface area contributed by atoms with Crippen LogP contribution in [0.3, 0.4) is 0 Å². The van der Waals surface area contributed by atoms with Crippen LogP contribution in [0, 0.1) is 6.92 Å². The van der Waals surface area contributed by atoms with Gasteiger partial charge in [-0.2, -0.15) is 18.3 Å². The second-order valence-corrected chi connectivity index (χ2v) is 6.61. The molecular formula is C18H17ClF3N5. The molecule has 0 spiro atoms. The van der Waals surface area contributed by atoms with Gasteiger partial charge < -0.3 is 5.32 Å². The second-order valence-electron chi connectivity index (χ2n) is 6.18. The fourth-order valence-electron chi connectivity index (χ4n) is 2.74. The zero-order valence-corrected chi connectivity index (χ0v) is 15.6. The van der Waals surface area contributed by atoms with Gasteiger partial charge in [-0.25, -0.2) is 9.97 Å². The molecule has 1 aromatic carbocycles. The summed E-state index contributed by atoms with van der Waals surface area (Å²) in [5.74, 6) is -0.106. The van der Waals surface area contributed by atoms with E-state index in [9.17, 15) is 13.2 Å².